The van der Waals surface area contributed by atoms with Crippen molar-refractivity contribution in [1.29, 1.82) is 0 Å². The highest BCUT2D eigenvalue weighted by Gasteiger charge is 2.21. The lowest BCUT2D eigenvalue weighted by Crippen LogP contribution is -2.33. The van der Waals surface area contributed by atoms with Gasteiger partial charge in [-0.2, -0.15) is 23.5 Å². The molecule has 21 heavy (non-hydrogen) atoms. The summed E-state index contributed by atoms with van der Waals surface area (Å²) >= 11 is 3.75. The molecular weight excluding hydrogens is 324 g/mol. The Morgan fingerprint density at radius 3 is 2.81 bits per heavy atom. The third-order valence-corrected chi connectivity index (χ3v) is 7.72. The van der Waals surface area contributed by atoms with E-state index in [1.165, 1.54) is 5.75 Å². The normalized spacial score (nSPS) is 19.6. The molecule has 1 aromatic carbocycles. The quantitative estimate of drug-likeness (QED) is 0.823. The van der Waals surface area contributed by atoms with E-state index in [1.807, 2.05) is 49.6 Å². The van der Waals surface area contributed by atoms with Gasteiger partial charge < -0.3 is 5.32 Å². The van der Waals surface area contributed by atoms with Crippen LogP contribution in [-0.4, -0.2) is 44.5 Å². The van der Waals surface area contributed by atoms with Gasteiger partial charge in [0, 0.05) is 35.6 Å². The van der Waals surface area contributed by atoms with E-state index in [2.05, 4.69) is 10.0 Å². The summed E-state index contributed by atoms with van der Waals surface area (Å²) in [6.07, 6.45) is 0. The van der Waals surface area contributed by atoms with Crippen LogP contribution in [0.1, 0.15) is 11.1 Å². The maximum absolute atomic E-state index is 12.5. The molecule has 1 saturated heterocycles. The molecule has 118 valence electrons. The first-order valence-electron chi connectivity index (χ1n) is 6.96. The van der Waals surface area contributed by atoms with Crippen molar-refractivity contribution in [2.75, 3.05) is 30.9 Å². The van der Waals surface area contributed by atoms with Gasteiger partial charge in [-0.15, -0.1) is 0 Å². The molecule has 0 aliphatic carbocycles. The Morgan fingerprint density at radius 1 is 1.33 bits per heavy atom. The van der Waals surface area contributed by atoms with Crippen LogP contribution in [0.2, 0.25) is 0 Å². The Morgan fingerprint density at radius 2 is 2.14 bits per heavy atom. The standard InChI is InChI=1S/C14H22N2O2S3/c1-11-3-4-12(8-15-2)7-14(11)21(17,18)16-9-13-10-19-5-6-20-13/h3-4,7,13,15-16H,5-6,8-10H2,1-2H3. The number of benzene rings is 1. The SMILES string of the molecule is CNCc1ccc(C)c(S(=O)(=O)NCC2CSCCS2)c1. The van der Waals surface area contributed by atoms with Crippen molar-refractivity contribution in [3.63, 3.8) is 0 Å². The van der Waals surface area contributed by atoms with Crippen molar-refractivity contribution < 1.29 is 8.42 Å². The van der Waals surface area contributed by atoms with Crippen LogP contribution in [0.15, 0.2) is 23.1 Å². The van der Waals surface area contributed by atoms with Crippen molar-refractivity contribution >= 4 is 33.5 Å². The molecule has 0 aromatic heterocycles. The van der Waals surface area contributed by atoms with E-state index in [0.29, 0.717) is 23.2 Å². The van der Waals surface area contributed by atoms with Crippen LogP contribution in [0.25, 0.3) is 0 Å². The van der Waals surface area contributed by atoms with Crippen LogP contribution in [0.5, 0.6) is 0 Å². The monoisotopic (exact) mass is 346 g/mol. The van der Waals surface area contributed by atoms with Crippen LogP contribution >= 0.6 is 23.5 Å². The van der Waals surface area contributed by atoms with Gasteiger partial charge in [-0.05, 0) is 31.2 Å². The fourth-order valence-corrected chi connectivity index (χ4v) is 6.27. The molecule has 4 nitrogen and oxygen atoms in total. The summed E-state index contributed by atoms with van der Waals surface area (Å²) < 4.78 is 27.8. The third kappa shape index (κ3) is 4.89. The highest BCUT2D eigenvalue weighted by molar-refractivity contribution is 8.06. The fraction of sp³-hybridized carbons (Fsp3) is 0.571. The van der Waals surface area contributed by atoms with Gasteiger partial charge in [-0.25, -0.2) is 13.1 Å². The van der Waals surface area contributed by atoms with E-state index in [-0.39, 0.29) is 0 Å². The van der Waals surface area contributed by atoms with E-state index >= 15 is 0 Å². The second kappa shape index (κ2) is 7.87. The Kier molecular flexibility index (Phi) is 6.43. The lowest BCUT2D eigenvalue weighted by molar-refractivity contribution is 0.580. The zero-order valence-corrected chi connectivity index (χ0v) is 14.8. The third-order valence-electron chi connectivity index (χ3n) is 3.31. The van der Waals surface area contributed by atoms with Gasteiger partial charge in [-0.3, -0.25) is 0 Å². The van der Waals surface area contributed by atoms with E-state index in [9.17, 15) is 8.42 Å². The predicted octanol–water partition coefficient (Wildman–Crippen LogP) is 1.84. The largest absolute Gasteiger partial charge is 0.316 e. The van der Waals surface area contributed by atoms with Crippen LogP contribution < -0.4 is 10.0 Å². The lowest BCUT2D eigenvalue weighted by Gasteiger charge is -2.21. The summed E-state index contributed by atoms with van der Waals surface area (Å²) in [5.41, 5.74) is 1.76. The Bertz CT molecular complexity index is 570. The zero-order chi connectivity index (χ0) is 15.3. The summed E-state index contributed by atoms with van der Waals surface area (Å²) in [6, 6.07) is 5.59. The van der Waals surface area contributed by atoms with Gasteiger partial charge in [0.2, 0.25) is 10.0 Å². The lowest BCUT2D eigenvalue weighted by atomic mass is 10.1. The second-order valence-corrected chi connectivity index (χ2v) is 9.34. The maximum Gasteiger partial charge on any atom is 0.240 e. The molecule has 0 spiro atoms. The van der Waals surface area contributed by atoms with Crippen LogP contribution in [0.4, 0.5) is 0 Å². The van der Waals surface area contributed by atoms with E-state index in [0.717, 1.165) is 22.6 Å². The molecule has 1 aliphatic heterocycles. The summed E-state index contributed by atoms with van der Waals surface area (Å²) in [4.78, 5) is 0.392. The molecule has 1 atom stereocenters. The van der Waals surface area contributed by atoms with Crippen LogP contribution in [-0.2, 0) is 16.6 Å². The summed E-state index contributed by atoms with van der Waals surface area (Å²) in [6.45, 7) is 3.01. The number of nitrogens with one attached hydrogen (secondary N) is 2. The number of hydrogen-bond acceptors (Lipinski definition) is 5. The summed E-state index contributed by atoms with van der Waals surface area (Å²) in [5, 5.41) is 3.42. The first-order chi connectivity index (χ1) is 10.0. The van der Waals surface area contributed by atoms with E-state index < -0.39 is 10.0 Å². The van der Waals surface area contributed by atoms with Crippen LogP contribution in [0.3, 0.4) is 0 Å². The molecule has 0 bridgehead atoms. The van der Waals surface area contributed by atoms with Crippen molar-refractivity contribution in [2.24, 2.45) is 0 Å². The number of rotatable bonds is 6. The van der Waals surface area contributed by atoms with Crippen molar-refractivity contribution in [3.05, 3.63) is 29.3 Å². The van der Waals surface area contributed by atoms with Gasteiger partial charge in [0.1, 0.15) is 0 Å². The second-order valence-electron chi connectivity index (χ2n) is 5.05. The first kappa shape index (κ1) is 17.1. The minimum absolute atomic E-state index is 0.374. The maximum atomic E-state index is 12.5. The fourth-order valence-electron chi connectivity index (χ4n) is 2.18. The molecule has 7 heteroatoms. The molecular formula is C14H22N2O2S3. The minimum atomic E-state index is -3.43. The van der Waals surface area contributed by atoms with Crippen molar-refractivity contribution in [3.8, 4) is 0 Å². The Hall–Kier alpha value is -0.210. The molecule has 1 aromatic rings. The summed E-state index contributed by atoms with van der Waals surface area (Å²) in [5.74, 6) is 3.29. The molecule has 0 amide bonds. The number of sulfonamides is 1. The minimum Gasteiger partial charge on any atom is -0.316 e. The molecule has 2 N–H and O–H groups in total. The topological polar surface area (TPSA) is 58.2 Å². The molecule has 0 saturated carbocycles. The van der Waals surface area contributed by atoms with Crippen molar-refractivity contribution in [1.82, 2.24) is 10.0 Å². The number of hydrogen-bond donors (Lipinski definition) is 2. The molecule has 1 heterocycles. The summed E-state index contributed by atoms with van der Waals surface area (Å²) in [7, 11) is -1.58. The van der Waals surface area contributed by atoms with Gasteiger partial charge >= 0.3 is 0 Å². The predicted molar refractivity (Wildman–Crippen MR) is 92.7 cm³/mol. The molecule has 1 aliphatic rings. The molecule has 2 rings (SSSR count). The smallest absolute Gasteiger partial charge is 0.240 e. The van der Waals surface area contributed by atoms with Gasteiger partial charge in [-0.1, -0.05) is 12.1 Å². The van der Waals surface area contributed by atoms with E-state index in [1.54, 1.807) is 6.07 Å². The Balaban J connectivity index is 2.08. The zero-order valence-electron chi connectivity index (χ0n) is 12.4. The number of thioether (sulfide) groups is 2. The highest BCUT2D eigenvalue weighted by Crippen LogP contribution is 2.24. The number of aryl methyl sites for hydroxylation is 1. The van der Waals surface area contributed by atoms with Gasteiger partial charge in [0.15, 0.2) is 0 Å². The average Bonchev–Trinajstić information content (AvgIpc) is 2.48. The average molecular weight is 347 g/mol. The Labute approximate surface area is 135 Å². The van der Waals surface area contributed by atoms with Crippen LogP contribution in [0, 0.1) is 6.92 Å². The van der Waals surface area contributed by atoms with E-state index in [4.69, 9.17) is 0 Å². The molecule has 1 unspecified atom stereocenters. The highest BCUT2D eigenvalue weighted by atomic mass is 32.2. The first-order valence-corrected chi connectivity index (χ1v) is 10.6. The van der Waals surface area contributed by atoms with Gasteiger partial charge in [0.25, 0.3) is 0 Å². The molecule has 1 fully saturated rings. The van der Waals surface area contributed by atoms with Gasteiger partial charge in [0.05, 0.1) is 4.90 Å². The molecule has 0 radical (unpaired) electrons. The van der Waals surface area contributed by atoms with Crippen molar-refractivity contribution in [2.45, 2.75) is 23.6 Å².